The average molecular weight is 649 g/mol. The molecule has 12 heteroatoms. The number of nitrogens with zero attached hydrogens (tertiary/aromatic N) is 2. The second kappa shape index (κ2) is 18.1. The lowest BCUT2D eigenvalue weighted by Gasteiger charge is -2.35. The number of carbonyl (C=O) groups is 2. The van der Waals surface area contributed by atoms with Crippen molar-refractivity contribution in [2.45, 2.75) is 58.2 Å². The van der Waals surface area contributed by atoms with Crippen LogP contribution in [0, 0.1) is 20.8 Å². The normalized spacial score (nSPS) is 22.6. The molecule has 2 N–H and O–H groups in total. The average Bonchev–Trinajstić information content (AvgIpc) is 3.25. The molecule has 1 spiro atoms. The number of carboxylic acids is 1. The highest BCUT2D eigenvalue weighted by Gasteiger charge is 2.51. The molecule has 0 bridgehead atoms. The highest BCUT2D eigenvalue weighted by molar-refractivity contribution is 6.20. The van der Waals surface area contributed by atoms with Crippen molar-refractivity contribution in [3.63, 3.8) is 0 Å². The number of aliphatic hydroxyl groups is 1. The summed E-state index contributed by atoms with van der Waals surface area (Å²) >= 11 is 0. The SMILES string of the molecule is Cc1cc(C)c(C2=C(O)C3(CCC(OCCOCCN4CCN(CCOCCOCCOCC(=O)O)CC4)CC3)OC2=O)c(C)c1. The summed E-state index contributed by atoms with van der Waals surface area (Å²) in [5.74, 6) is -1.34. The van der Waals surface area contributed by atoms with Crippen LogP contribution in [0.15, 0.2) is 17.9 Å². The zero-order chi connectivity index (χ0) is 32.9. The molecule has 2 heterocycles. The number of carbonyl (C=O) groups excluding carboxylic acids is 1. The van der Waals surface area contributed by atoms with E-state index in [9.17, 15) is 14.7 Å². The molecule has 4 rings (SSSR count). The first-order chi connectivity index (χ1) is 22.2. The monoisotopic (exact) mass is 648 g/mol. The summed E-state index contributed by atoms with van der Waals surface area (Å²) in [5, 5.41) is 19.7. The lowest BCUT2D eigenvalue weighted by atomic mass is 9.80. The minimum atomic E-state index is -0.982. The Kier molecular flexibility index (Phi) is 14.3. The first-order valence-corrected chi connectivity index (χ1v) is 16.5. The van der Waals surface area contributed by atoms with E-state index in [1.165, 1.54) is 0 Å². The van der Waals surface area contributed by atoms with Gasteiger partial charge in [-0.25, -0.2) is 9.59 Å². The summed E-state index contributed by atoms with van der Waals surface area (Å²) in [6.45, 7) is 15.4. The molecule has 12 nitrogen and oxygen atoms in total. The smallest absolute Gasteiger partial charge is 0.343 e. The molecule has 1 aromatic rings. The number of piperazine rings is 1. The fraction of sp³-hybridized carbons (Fsp3) is 0.706. The Morgan fingerprint density at radius 2 is 1.33 bits per heavy atom. The first-order valence-electron chi connectivity index (χ1n) is 16.5. The maximum Gasteiger partial charge on any atom is 0.343 e. The Balaban J connectivity index is 1.01. The van der Waals surface area contributed by atoms with E-state index in [0.29, 0.717) is 77.5 Å². The van der Waals surface area contributed by atoms with Crippen LogP contribution in [0.2, 0.25) is 0 Å². The standard InChI is InChI=1S/C34H52N2O10/c1-25-22-26(2)30(27(3)23-25)31-32(39)34(46-33(31)40)6-4-28(5-7-34)45-21-20-42-15-13-36-10-8-35(9-11-36)12-14-41-16-17-43-18-19-44-24-29(37)38/h22-23,28,39H,4-21,24H2,1-3H3,(H,37,38). The Morgan fingerprint density at radius 1 is 0.826 bits per heavy atom. The van der Waals surface area contributed by atoms with Gasteiger partial charge in [0, 0.05) is 39.3 Å². The molecule has 0 aromatic heterocycles. The molecule has 0 radical (unpaired) electrons. The van der Waals surface area contributed by atoms with Crippen LogP contribution >= 0.6 is 0 Å². The molecule has 258 valence electrons. The Bertz CT molecular complexity index is 1150. The fourth-order valence-corrected chi connectivity index (χ4v) is 6.56. The molecular formula is C34H52N2O10. The predicted octanol–water partition coefficient (Wildman–Crippen LogP) is 2.90. The molecule has 1 aliphatic carbocycles. The summed E-state index contributed by atoms with van der Waals surface area (Å²) in [4.78, 5) is 28.1. The van der Waals surface area contributed by atoms with Crippen molar-refractivity contribution in [1.82, 2.24) is 9.80 Å². The lowest BCUT2D eigenvalue weighted by molar-refractivity contribution is -0.152. The number of ether oxygens (including phenoxy) is 6. The lowest BCUT2D eigenvalue weighted by Crippen LogP contribution is -2.48. The Hall–Kier alpha value is -2.58. The number of carboxylic acid groups (broad SMARTS) is 1. The van der Waals surface area contributed by atoms with E-state index in [0.717, 1.165) is 61.5 Å². The van der Waals surface area contributed by atoms with Crippen molar-refractivity contribution in [2.24, 2.45) is 0 Å². The van der Waals surface area contributed by atoms with Crippen LogP contribution in [0.4, 0.5) is 0 Å². The van der Waals surface area contributed by atoms with Crippen LogP contribution in [0.3, 0.4) is 0 Å². The van der Waals surface area contributed by atoms with Gasteiger partial charge in [0.25, 0.3) is 0 Å². The van der Waals surface area contributed by atoms with E-state index >= 15 is 0 Å². The first kappa shape index (κ1) is 36.3. The number of rotatable bonds is 19. The van der Waals surface area contributed by atoms with E-state index in [2.05, 4.69) is 9.80 Å². The van der Waals surface area contributed by atoms with E-state index in [-0.39, 0.29) is 25.1 Å². The minimum Gasteiger partial charge on any atom is -0.507 e. The fourth-order valence-electron chi connectivity index (χ4n) is 6.56. The topological polar surface area (TPSA) is 136 Å². The van der Waals surface area contributed by atoms with Crippen molar-refractivity contribution in [3.8, 4) is 0 Å². The summed E-state index contributed by atoms with van der Waals surface area (Å²) < 4.78 is 33.7. The van der Waals surface area contributed by atoms with Gasteiger partial charge in [-0.1, -0.05) is 17.7 Å². The molecule has 0 atom stereocenters. The summed E-state index contributed by atoms with van der Waals surface area (Å²) in [6, 6.07) is 4.06. The van der Waals surface area contributed by atoms with E-state index in [4.69, 9.17) is 33.5 Å². The van der Waals surface area contributed by atoms with Gasteiger partial charge in [0.1, 0.15) is 12.2 Å². The van der Waals surface area contributed by atoms with Crippen LogP contribution < -0.4 is 0 Å². The highest BCUT2D eigenvalue weighted by atomic mass is 16.6. The minimum absolute atomic E-state index is 0.0576. The summed E-state index contributed by atoms with van der Waals surface area (Å²) in [7, 11) is 0. The maximum absolute atomic E-state index is 12.9. The molecule has 1 saturated heterocycles. The van der Waals surface area contributed by atoms with Gasteiger partial charge in [0.05, 0.1) is 59.0 Å². The van der Waals surface area contributed by atoms with Gasteiger partial charge in [-0.3, -0.25) is 9.80 Å². The Morgan fingerprint density at radius 3 is 1.87 bits per heavy atom. The zero-order valence-corrected chi connectivity index (χ0v) is 27.7. The molecule has 46 heavy (non-hydrogen) atoms. The predicted molar refractivity (Wildman–Crippen MR) is 171 cm³/mol. The quantitative estimate of drug-likeness (QED) is 0.169. The highest BCUT2D eigenvalue weighted by Crippen LogP contribution is 2.46. The summed E-state index contributed by atoms with van der Waals surface area (Å²) in [5.41, 5.74) is 3.21. The molecular weight excluding hydrogens is 596 g/mol. The third-order valence-electron chi connectivity index (χ3n) is 8.95. The maximum atomic E-state index is 12.9. The molecule has 2 aliphatic heterocycles. The van der Waals surface area contributed by atoms with Crippen LogP contribution in [0.25, 0.3) is 5.57 Å². The van der Waals surface area contributed by atoms with Gasteiger partial charge in [0.2, 0.25) is 0 Å². The van der Waals surface area contributed by atoms with Gasteiger partial charge in [0.15, 0.2) is 11.4 Å². The van der Waals surface area contributed by atoms with Crippen LogP contribution in [0.5, 0.6) is 0 Å². The van der Waals surface area contributed by atoms with Gasteiger partial charge in [-0.2, -0.15) is 0 Å². The number of hydrogen-bond donors (Lipinski definition) is 2. The van der Waals surface area contributed by atoms with Crippen LogP contribution in [-0.4, -0.2) is 142 Å². The van der Waals surface area contributed by atoms with Crippen molar-refractivity contribution in [3.05, 3.63) is 40.1 Å². The Labute approximate surface area is 272 Å². The van der Waals surface area contributed by atoms with Crippen molar-refractivity contribution < 1.29 is 48.2 Å². The van der Waals surface area contributed by atoms with Gasteiger partial charge in [-0.15, -0.1) is 0 Å². The van der Waals surface area contributed by atoms with Crippen molar-refractivity contribution in [2.75, 3.05) is 98.7 Å². The molecule has 1 saturated carbocycles. The van der Waals surface area contributed by atoms with Gasteiger partial charge < -0.3 is 38.6 Å². The van der Waals surface area contributed by atoms with Crippen LogP contribution in [0.1, 0.15) is 47.9 Å². The number of aliphatic hydroxyl groups excluding tert-OH is 1. The second-order valence-electron chi connectivity index (χ2n) is 12.4. The van der Waals surface area contributed by atoms with Gasteiger partial charge >= 0.3 is 11.9 Å². The van der Waals surface area contributed by atoms with Crippen molar-refractivity contribution >= 4 is 17.5 Å². The number of benzene rings is 1. The number of hydrogen-bond acceptors (Lipinski definition) is 11. The van der Waals surface area contributed by atoms with Gasteiger partial charge in [-0.05, 0) is 63.1 Å². The largest absolute Gasteiger partial charge is 0.507 e. The zero-order valence-electron chi connectivity index (χ0n) is 27.7. The number of esters is 1. The molecule has 0 amide bonds. The summed E-state index contributed by atoms with van der Waals surface area (Å²) in [6.07, 6.45) is 2.57. The van der Waals surface area contributed by atoms with E-state index < -0.39 is 17.5 Å². The molecule has 3 aliphatic rings. The number of aliphatic carboxylic acids is 1. The van der Waals surface area contributed by atoms with E-state index in [1.807, 2.05) is 32.9 Å². The molecule has 0 unspecified atom stereocenters. The second-order valence-corrected chi connectivity index (χ2v) is 12.4. The third-order valence-corrected chi connectivity index (χ3v) is 8.95. The molecule has 2 fully saturated rings. The van der Waals surface area contributed by atoms with Crippen LogP contribution in [-0.2, 0) is 38.0 Å². The van der Waals surface area contributed by atoms with E-state index in [1.54, 1.807) is 0 Å². The van der Waals surface area contributed by atoms with Crippen molar-refractivity contribution in [1.29, 1.82) is 0 Å². The molecule has 1 aromatic carbocycles. The number of aryl methyl sites for hydroxylation is 3. The third kappa shape index (κ3) is 10.5.